The molecule has 6 rings (SSSR count). The lowest BCUT2D eigenvalue weighted by molar-refractivity contribution is 0.175. The van der Waals surface area contributed by atoms with Gasteiger partial charge in [0.25, 0.3) is 0 Å². The number of nitrogens with one attached hydrogen (secondary N) is 1. The molecule has 1 spiro atoms. The third-order valence-corrected chi connectivity index (χ3v) is 8.53. The summed E-state index contributed by atoms with van der Waals surface area (Å²) in [5.41, 5.74) is 2.69. The van der Waals surface area contributed by atoms with E-state index in [1.165, 1.54) is 6.07 Å². The van der Waals surface area contributed by atoms with Crippen molar-refractivity contribution >= 4 is 17.3 Å². The van der Waals surface area contributed by atoms with E-state index in [9.17, 15) is 0 Å². The Labute approximate surface area is 228 Å². The standard InChI is InChI=1S/C30H36F2N6O/c1-19(2)38-26-15-21(14-23(31)28(26)39-18-30(38)10-4-5-11-30)27-24(32)17-34-29(36-27)35-22-6-7-25(33-16-22)20-8-12-37(3)13-9-20/h6-7,14-17,19-20H,4-5,8-13,18H2,1-3H3,(H,34,35,36). The van der Waals surface area contributed by atoms with Crippen molar-refractivity contribution in [2.75, 3.05) is 37.0 Å². The third kappa shape index (κ3) is 4.93. The Kier molecular flexibility index (Phi) is 6.87. The van der Waals surface area contributed by atoms with E-state index >= 15 is 8.78 Å². The van der Waals surface area contributed by atoms with Gasteiger partial charge < -0.3 is 19.9 Å². The van der Waals surface area contributed by atoms with Gasteiger partial charge in [0.1, 0.15) is 12.3 Å². The molecule has 2 fully saturated rings. The van der Waals surface area contributed by atoms with E-state index < -0.39 is 11.6 Å². The number of pyridine rings is 1. The lowest BCUT2D eigenvalue weighted by atomic mass is 9.91. The highest BCUT2D eigenvalue weighted by molar-refractivity contribution is 5.74. The number of fused-ring (bicyclic) bond motifs is 1. The average molecular weight is 535 g/mol. The molecule has 0 atom stereocenters. The van der Waals surface area contributed by atoms with Crippen molar-refractivity contribution in [3.05, 3.63) is 54.0 Å². The van der Waals surface area contributed by atoms with Gasteiger partial charge in [-0.15, -0.1) is 0 Å². The molecule has 1 aliphatic carbocycles. The fourth-order valence-corrected chi connectivity index (χ4v) is 6.60. The Bertz CT molecular complexity index is 1330. The van der Waals surface area contributed by atoms with Gasteiger partial charge in [0.05, 0.1) is 29.3 Å². The molecule has 2 aromatic heterocycles. The Morgan fingerprint density at radius 3 is 2.49 bits per heavy atom. The number of benzene rings is 1. The molecule has 0 bridgehead atoms. The number of hydrogen-bond acceptors (Lipinski definition) is 7. The molecule has 2 aliphatic heterocycles. The Balaban J connectivity index is 1.28. The largest absolute Gasteiger partial charge is 0.486 e. The highest BCUT2D eigenvalue weighted by atomic mass is 19.1. The van der Waals surface area contributed by atoms with Gasteiger partial charge >= 0.3 is 0 Å². The maximum absolute atomic E-state index is 15.4. The van der Waals surface area contributed by atoms with E-state index in [1.807, 2.05) is 18.2 Å². The predicted octanol–water partition coefficient (Wildman–Crippen LogP) is 6.29. The van der Waals surface area contributed by atoms with Crippen LogP contribution >= 0.6 is 0 Å². The van der Waals surface area contributed by atoms with E-state index in [2.05, 4.69) is 51.0 Å². The molecular weight excluding hydrogens is 498 g/mol. The number of aromatic nitrogens is 3. The van der Waals surface area contributed by atoms with Crippen molar-refractivity contribution in [1.29, 1.82) is 0 Å². The SMILES string of the molecule is CC(C)N1c2cc(-c3nc(Nc4ccc(C5CCN(C)CC5)nc4)ncc3F)cc(F)c2OCC12CCCC2. The molecule has 9 heteroatoms. The summed E-state index contributed by atoms with van der Waals surface area (Å²) in [4.78, 5) is 17.9. The molecule has 1 aromatic carbocycles. The normalized spacial score (nSPS) is 19.4. The van der Waals surface area contributed by atoms with E-state index in [-0.39, 0.29) is 29.0 Å². The number of hydrogen-bond donors (Lipinski definition) is 1. The Morgan fingerprint density at radius 1 is 1.03 bits per heavy atom. The molecule has 3 aliphatic rings. The minimum absolute atomic E-state index is 0.0415. The zero-order chi connectivity index (χ0) is 27.1. The average Bonchev–Trinajstić information content (AvgIpc) is 3.38. The molecule has 4 heterocycles. The van der Waals surface area contributed by atoms with Gasteiger partial charge in [0, 0.05) is 23.2 Å². The summed E-state index contributed by atoms with van der Waals surface area (Å²) in [6.45, 7) is 6.83. The first-order valence-electron chi connectivity index (χ1n) is 14.0. The molecular formula is C30H36F2N6O. The van der Waals surface area contributed by atoms with Crippen molar-refractivity contribution in [3.8, 4) is 17.0 Å². The number of rotatable bonds is 5. The molecule has 206 valence electrons. The van der Waals surface area contributed by atoms with Crippen LogP contribution in [0.15, 0.2) is 36.7 Å². The molecule has 39 heavy (non-hydrogen) atoms. The Morgan fingerprint density at radius 2 is 1.79 bits per heavy atom. The smallest absolute Gasteiger partial charge is 0.227 e. The maximum Gasteiger partial charge on any atom is 0.227 e. The van der Waals surface area contributed by atoms with Gasteiger partial charge in [-0.3, -0.25) is 4.98 Å². The highest BCUT2D eigenvalue weighted by Gasteiger charge is 2.46. The number of halogens is 2. The van der Waals surface area contributed by atoms with E-state index in [0.29, 0.717) is 29.5 Å². The van der Waals surface area contributed by atoms with Crippen molar-refractivity contribution < 1.29 is 13.5 Å². The zero-order valence-electron chi connectivity index (χ0n) is 22.9. The molecule has 0 unspecified atom stereocenters. The van der Waals surface area contributed by atoms with Crippen LogP contribution in [0.3, 0.4) is 0 Å². The van der Waals surface area contributed by atoms with E-state index in [4.69, 9.17) is 4.74 Å². The third-order valence-electron chi connectivity index (χ3n) is 8.53. The van der Waals surface area contributed by atoms with Crippen molar-refractivity contribution in [2.45, 2.75) is 69.9 Å². The van der Waals surface area contributed by atoms with Crippen LogP contribution in [0, 0.1) is 11.6 Å². The monoisotopic (exact) mass is 534 g/mol. The first-order chi connectivity index (χ1) is 18.8. The minimum Gasteiger partial charge on any atom is -0.486 e. The lowest BCUT2D eigenvalue weighted by Crippen LogP contribution is -2.57. The highest BCUT2D eigenvalue weighted by Crippen LogP contribution is 2.49. The molecule has 3 aromatic rings. The second-order valence-electron chi connectivity index (χ2n) is 11.6. The van der Waals surface area contributed by atoms with Crippen molar-refractivity contribution in [3.63, 3.8) is 0 Å². The van der Waals surface area contributed by atoms with Crippen LogP contribution in [-0.4, -0.2) is 58.2 Å². The van der Waals surface area contributed by atoms with Gasteiger partial charge in [-0.25, -0.2) is 18.7 Å². The summed E-state index contributed by atoms with van der Waals surface area (Å²) in [5, 5.41) is 3.13. The first-order valence-corrected chi connectivity index (χ1v) is 14.0. The van der Waals surface area contributed by atoms with Crippen LogP contribution < -0.4 is 15.0 Å². The van der Waals surface area contributed by atoms with Gasteiger partial charge in [0.15, 0.2) is 17.4 Å². The van der Waals surface area contributed by atoms with Gasteiger partial charge in [0.2, 0.25) is 5.95 Å². The van der Waals surface area contributed by atoms with Crippen LogP contribution in [0.2, 0.25) is 0 Å². The van der Waals surface area contributed by atoms with Gasteiger partial charge in [-0.05, 0) is 83.9 Å². The number of piperidine rings is 1. The summed E-state index contributed by atoms with van der Waals surface area (Å²) in [6, 6.07) is 7.23. The fourth-order valence-electron chi connectivity index (χ4n) is 6.60. The summed E-state index contributed by atoms with van der Waals surface area (Å²) in [5.74, 6) is -0.210. The summed E-state index contributed by atoms with van der Waals surface area (Å²) in [6.07, 6.45) is 9.31. The summed E-state index contributed by atoms with van der Waals surface area (Å²) < 4.78 is 36.4. The van der Waals surface area contributed by atoms with Gasteiger partial charge in [-0.2, -0.15) is 0 Å². The number of likely N-dealkylation sites (tertiary alicyclic amines) is 1. The topological polar surface area (TPSA) is 66.4 Å². The van der Waals surface area contributed by atoms with Gasteiger partial charge in [-0.1, -0.05) is 12.8 Å². The number of ether oxygens (including phenoxy) is 1. The van der Waals surface area contributed by atoms with Crippen molar-refractivity contribution in [2.24, 2.45) is 0 Å². The quantitative estimate of drug-likeness (QED) is 0.413. The molecule has 0 radical (unpaired) electrons. The van der Waals surface area contributed by atoms with E-state index in [0.717, 1.165) is 63.5 Å². The van der Waals surface area contributed by atoms with Crippen molar-refractivity contribution in [1.82, 2.24) is 19.9 Å². The Hall–Kier alpha value is -3.33. The summed E-state index contributed by atoms with van der Waals surface area (Å²) >= 11 is 0. The van der Waals surface area contributed by atoms with Crippen LogP contribution in [0.4, 0.5) is 26.1 Å². The predicted molar refractivity (Wildman–Crippen MR) is 149 cm³/mol. The zero-order valence-corrected chi connectivity index (χ0v) is 22.9. The van der Waals surface area contributed by atoms with Crippen LogP contribution in [0.5, 0.6) is 5.75 Å². The minimum atomic E-state index is -0.612. The second-order valence-corrected chi connectivity index (χ2v) is 11.6. The van der Waals surface area contributed by atoms with Crippen LogP contribution in [0.1, 0.15) is 64.0 Å². The number of anilines is 3. The molecule has 1 saturated heterocycles. The molecule has 1 N–H and O–H groups in total. The van der Waals surface area contributed by atoms with Crippen LogP contribution in [0.25, 0.3) is 11.3 Å². The number of nitrogens with zero attached hydrogens (tertiary/aromatic N) is 5. The summed E-state index contributed by atoms with van der Waals surface area (Å²) in [7, 11) is 2.15. The first kappa shape index (κ1) is 25.9. The molecule has 1 saturated carbocycles. The molecule has 7 nitrogen and oxygen atoms in total. The fraction of sp³-hybridized carbons (Fsp3) is 0.500. The van der Waals surface area contributed by atoms with Crippen LogP contribution in [-0.2, 0) is 0 Å². The molecule has 0 amide bonds. The maximum atomic E-state index is 15.4. The second kappa shape index (κ2) is 10.3. The van der Waals surface area contributed by atoms with E-state index in [1.54, 1.807) is 6.20 Å². The lowest BCUT2D eigenvalue weighted by Gasteiger charge is -2.49.